The molecule has 24 heavy (non-hydrogen) atoms. The fraction of sp³-hybridized carbons (Fsp3) is 0.176. The fourth-order valence-electron chi connectivity index (χ4n) is 1.79. The zero-order valence-corrected chi connectivity index (χ0v) is 15.8. The third-order valence-corrected chi connectivity index (χ3v) is 4.93. The molecule has 2 aromatic rings. The van der Waals surface area contributed by atoms with Crippen molar-refractivity contribution in [2.24, 2.45) is 0 Å². The zero-order chi connectivity index (χ0) is 17.4. The van der Waals surface area contributed by atoms with Crippen molar-refractivity contribution in [2.75, 3.05) is 13.2 Å². The van der Waals surface area contributed by atoms with Crippen molar-refractivity contribution in [3.05, 3.63) is 63.6 Å². The maximum atomic E-state index is 11.9. The summed E-state index contributed by atoms with van der Waals surface area (Å²) in [6.45, 7) is 0.229. The first kappa shape index (κ1) is 18.8. The number of sulfonamides is 1. The van der Waals surface area contributed by atoms with Gasteiger partial charge in [0.2, 0.25) is 10.0 Å². The van der Waals surface area contributed by atoms with Gasteiger partial charge >= 0.3 is 0 Å². The van der Waals surface area contributed by atoms with Crippen molar-refractivity contribution < 1.29 is 13.2 Å². The summed E-state index contributed by atoms with van der Waals surface area (Å²) in [5.74, 6) is 6.07. The molecular formula is C17H15BrClNO3S. The average Bonchev–Trinajstić information content (AvgIpc) is 2.53. The highest BCUT2D eigenvalue weighted by Crippen LogP contribution is 2.17. The third kappa shape index (κ3) is 6.93. The first-order valence-corrected chi connectivity index (χ1v) is 9.83. The van der Waals surface area contributed by atoms with E-state index in [0.717, 1.165) is 4.47 Å². The summed E-state index contributed by atoms with van der Waals surface area (Å²) in [5, 5.41) is 0.570. The highest BCUT2D eigenvalue weighted by Gasteiger charge is 2.09. The Balaban J connectivity index is 1.76. The van der Waals surface area contributed by atoms with Gasteiger partial charge in [-0.2, -0.15) is 0 Å². The molecule has 2 aromatic carbocycles. The molecule has 1 N–H and O–H groups in total. The molecule has 0 saturated heterocycles. The Labute approximate surface area is 155 Å². The summed E-state index contributed by atoms with van der Waals surface area (Å²) in [7, 11) is -3.44. The molecule has 2 rings (SSSR count). The van der Waals surface area contributed by atoms with Gasteiger partial charge in [-0.15, -0.1) is 0 Å². The quantitative estimate of drug-likeness (QED) is 0.715. The van der Waals surface area contributed by atoms with Crippen LogP contribution < -0.4 is 9.46 Å². The lowest BCUT2D eigenvalue weighted by molar-refractivity contribution is 0.370. The molecule has 0 aliphatic carbocycles. The predicted octanol–water partition coefficient (Wildman–Crippen LogP) is 3.60. The van der Waals surface area contributed by atoms with E-state index in [1.807, 2.05) is 24.3 Å². The van der Waals surface area contributed by atoms with Crippen molar-refractivity contribution >= 4 is 37.6 Å². The zero-order valence-electron chi connectivity index (χ0n) is 12.6. The second-order valence-corrected chi connectivity index (χ2v) is 7.97. The van der Waals surface area contributed by atoms with E-state index in [1.54, 1.807) is 24.3 Å². The lowest BCUT2D eigenvalue weighted by atomic mass is 10.2. The molecule has 0 spiro atoms. The molecule has 7 heteroatoms. The second-order valence-electron chi connectivity index (χ2n) is 4.81. The molecule has 126 valence electrons. The molecular weight excluding hydrogens is 414 g/mol. The minimum Gasteiger partial charge on any atom is -0.481 e. The number of rotatable bonds is 6. The Bertz CT molecular complexity index is 842. The van der Waals surface area contributed by atoms with E-state index in [0.29, 0.717) is 16.3 Å². The Morgan fingerprint density at radius 3 is 2.58 bits per heavy atom. The van der Waals surface area contributed by atoms with Gasteiger partial charge in [-0.25, -0.2) is 13.1 Å². The lowest BCUT2D eigenvalue weighted by Crippen LogP contribution is -2.25. The van der Waals surface area contributed by atoms with Gasteiger partial charge in [0.05, 0.1) is 12.3 Å². The van der Waals surface area contributed by atoms with Crippen LogP contribution in [0.5, 0.6) is 5.75 Å². The Morgan fingerprint density at radius 2 is 1.88 bits per heavy atom. The van der Waals surface area contributed by atoms with Crippen LogP contribution in [-0.2, 0) is 15.8 Å². The average molecular weight is 429 g/mol. The highest BCUT2D eigenvalue weighted by atomic mass is 79.9. The van der Waals surface area contributed by atoms with Crippen LogP contribution in [-0.4, -0.2) is 21.6 Å². The van der Waals surface area contributed by atoms with Gasteiger partial charge in [0.1, 0.15) is 12.4 Å². The maximum absolute atomic E-state index is 11.9. The van der Waals surface area contributed by atoms with E-state index in [-0.39, 0.29) is 18.9 Å². The van der Waals surface area contributed by atoms with E-state index in [9.17, 15) is 8.42 Å². The van der Waals surface area contributed by atoms with Crippen LogP contribution in [0.15, 0.2) is 53.0 Å². The van der Waals surface area contributed by atoms with Crippen molar-refractivity contribution in [2.45, 2.75) is 5.75 Å². The lowest BCUT2D eigenvalue weighted by Gasteiger charge is -2.04. The smallest absolute Gasteiger partial charge is 0.216 e. The van der Waals surface area contributed by atoms with Gasteiger partial charge in [-0.05, 0) is 35.9 Å². The molecule has 0 aromatic heterocycles. The standard InChI is InChI=1S/C17H15BrClNO3S/c18-15-4-3-5-17(12-15)23-11-2-1-10-20-24(21,22)13-14-6-8-16(19)9-7-14/h3-9,12,20H,10-11,13H2. The van der Waals surface area contributed by atoms with E-state index in [1.165, 1.54) is 0 Å². The molecule has 0 bridgehead atoms. The number of nitrogens with one attached hydrogen (secondary N) is 1. The molecule has 0 radical (unpaired) electrons. The van der Waals surface area contributed by atoms with Crippen LogP contribution in [0.2, 0.25) is 5.02 Å². The van der Waals surface area contributed by atoms with Gasteiger partial charge in [-0.3, -0.25) is 0 Å². The minimum absolute atomic E-state index is 0.0395. The molecule has 0 aliphatic rings. The van der Waals surface area contributed by atoms with E-state index in [2.05, 4.69) is 32.5 Å². The molecule has 0 amide bonds. The predicted molar refractivity (Wildman–Crippen MR) is 99.5 cm³/mol. The van der Waals surface area contributed by atoms with Crippen LogP contribution in [0.4, 0.5) is 0 Å². The van der Waals surface area contributed by atoms with Crippen molar-refractivity contribution in [1.82, 2.24) is 4.72 Å². The summed E-state index contributed by atoms with van der Waals surface area (Å²) >= 11 is 9.12. The summed E-state index contributed by atoms with van der Waals surface area (Å²) in [4.78, 5) is 0. The SMILES string of the molecule is O=S(=O)(Cc1ccc(Cl)cc1)NCC#CCOc1cccc(Br)c1. The summed E-state index contributed by atoms with van der Waals surface area (Å²) in [5.41, 5.74) is 0.665. The molecule has 4 nitrogen and oxygen atoms in total. The Kier molecular flexibility index (Phi) is 7.13. The normalized spacial score (nSPS) is 10.8. The summed E-state index contributed by atoms with van der Waals surface area (Å²) in [6.07, 6.45) is 0. The van der Waals surface area contributed by atoms with Crippen LogP contribution in [0.3, 0.4) is 0 Å². The van der Waals surface area contributed by atoms with Crippen LogP contribution in [0.25, 0.3) is 0 Å². The Hall–Kier alpha value is -1.52. The number of benzene rings is 2. The molecule has 0 unspecified atom stereocenters. The largest absolute Gasteiger partial charge is 0.481 e. The van der Waals surface area contributed by atoms with E-state index < -0.39 is 10.0 Å². The maximum Gasteiger partial charge on any atom is 0.216 e. The number of halogens is 2. The van der Waals surface area contributed by atoms with Gasteiger partial charge in [0.25, 0.3) is 0 Å². The van der Waals surface area contributed by atoms with Crippen LogP contribution >= 0.6 is 27.5 Å². The third-order valence-electron chi connectivity index (χ3n) is 2.88. The minimum atomic E-state index is -3.44. The molecule has 0 aliphatic heterocycles. The van der Waals surface area contributed by atoms with Crippen LogP contribution in [0, 0.1) is 11.8 Å². The number of hydrogen-bond acceptors (Lipinski definition) is 3. The van der Waals surface area contributed by atoms with Crippen LogP contribution in [0.1, 0.15) is 5.56 Å². The molecule has 0 fully saturated rings. The van der Waals surface area contributed by atoms with Gasteiger partial charge in [-0.1, -0.05) is 57.6 Å². The molecule has 0 saturated carbocycles. The van der Waals surface area contributed by atoms with Crippen molar-refractivity contribution in [3.63, 3.8) is 0 Å². The monoisotopic (exact) mass is 427 g/mol. The summed E-state index contributed by atoms with van der Waals surface area (Å²) < 4.78 is 32.6. The number of hydrogen-bond donors (Lipinski definition) is 1. The van der Waals surface area contributed by atoms with E-state index in [4.69, 9.17) is 16.3 Å². The van der Waals surface area contributed by atoms with Gasteiger partial charge in [0, 0.05) is 9.50 Å². The first-order chi connectivity index (χ1) is 11.4. The summed E-state index contributed by atoms with van der Waals surface area (Å²) in [6, 6.07) is 14.1. The van der Waals surface area contributed by atoms with Gasteiger partial charge < -0.3 is 4.74 Å². The Morgan fingerprint density at radius 1 is 1.12 bits per heavy atom. The number of ether oxygens (including phenoxy) is 1. The van der Waals surface area contributed by atoms with Gasteiger partial charge in [0.15, 0.2) is 0 Å². The van der Waals surface area contributed by atoms with E-state index >= 15 is 0 Å². The van der Waals surface area contributed by atoms with Crippen molar-refractivity contribution in [3.8, 4) is 17.6 Å². The first-order valence-electron chi connectivity index (χ1n) is 7.00. The topological polar surface area (TPSA) is 55.4 Å². The highest BCUT2D eigenvalue weighted by molar-refractivity contribution is 9.10. The fourth-order valence-corrected chi connectivity index (χ4v) is 3.32. The molecule has 0 heterocycles. The second kappa shape index (κ2) is 9.09. The van der Waals surface area contributed by atoms with Crippen molar-refractivity contribution in [1.29, 1.82) is 0 Å². The molecule has 0 atom stereocenters.